The number of imidazole rings is 1. The summed E-state index contributed by atoms with van der Waals surface area (Å²) in [5.74, 6) is -0.866. The second-order valence-electron chi connectivity index (χ2n) is 6.65. The quantitative estimate of drug-likeness (QED) is 0.919. The number of halogens is 2. The van der Waals surface area contributed by atoms with Crippen molar-refractivity contribution in [3.63, 3.8) is 0 Å². The number of benzene rings is 1. The SMILES string of the molecule is CC1(F)CC(NC(=O)c2cc(F)c3c(c2)-c2cncn2CCO3)C1. The zero-order chi connectivity index (χ0) is 16.9. The highest BCUT2D eigenvalue weighted by molar-refractivity contribution is 5.96. The molecule has 2 aliphatic rings. The third-order valence-corrected chi connectivity index (χ3v) is 4.55. The van der Waals surface area contributed by atoms with E-state index in [0.717, 1.165) is 6.07 Å². The van der Waals surface area contributed by atoms with Gasteiger partial charge in [-0.2, -0.15) is 0 Å². The summed E-state index contributed by atoms with van der Waals surface area (Å²) in [5, 5.41) is 2.75. The van der Waals surface area contributed by atoms with Crippen LogP contribution in [0.25, 0.3) is 11.3 Å². The van der Waals surface area contributed by atoms with Crippen molar-refractivity contribution < 1.29 is 18.3 Å². The van der Waals surface area contributed by atoms with Gasteiger partial charge in [0.1, 0.15) is 12.3 Å². The molecule has 5 nitrogen and oxygen atoms in total. The fourth-order valence-corrected chi connectivity index (χ4v) is 3.37. The largest absolute Gasteiger partial charge is 0.488 e. The number of rotatable bonds is 2. The molecule has 0 unspecified atom stereocenters. The van der Waals surface area contributed by atoms with Crippen molar-refractivity contribution in [1.29, 1.82) is 0 Å². The van der Waals surface area contributed by atoms with E-state index in [1.807, 2.05) is 4.57 Å². The first kappa shape index (κ1) is 15.1. The number of nitrogens with zero attached hydrogens (tertiary/aromatic N) is 2. The van der Waals surface area contributed by atoms with Gasteiger partial charge in [0.15, 0.2) is 11.6 Å². The average Bonchev–Trinajstić information content (AvgIpc) is 2.88. The molecule has 1 fully saturated rings. The van der Waals surface area contributed by atoms with E-state index < -0.39 is 17.4 Å². The molecular weight excluding hydrogens is 316 g/mol. The van der Waals surface area contributed by atoms with E-state index >= 15 is 0 Å². The molecule has 4 rings (SSSR count). The number of alkyl halides is 1. The van der Waals surface area contributed by atoms with Gasteiger partial charge in [0.05, 0.1) is 24.8 Å². The number of nitrogens with one attached hydrogen (secondary N) is 1. The van der Waals surface area contributed by atoms with Crippen molar-refractivity contribution in [3.05, 3.63) is 36.0 Å². The summed E-state index contributed by atoms with van der Waals surface area (Å²) in [6, 6.07) is 2.55. The molecular formula is C17H17F2N3O2. The Morgan fingerprint density at radius 2 is 2.25 bits per heavy atom. The fourth-order valence-electron chi connectivity index (χ4n) is 3.37. The molecule has 1 saturated carbocycles. The summed E-state index contributed by atoms with van der Waals surface area (Å²) in [6.07, 6.45) is 3.83. The minimum Gasteiger partial charge on any atom is -0.488 e. The molecule has 1 aliphatic carbocycles. The zero-order valence-electron chi connectivity index (χ0n) is 13.2. The molecule has 7 heteroatoms. The monoisotopic (exact) mass is 333 g/mol. The summed E-state index contributed by atoms with van der Waals surface area (Å²) in [6.45, 7) is 2.40. The predicted molar refractivity (Wildman–Crippen MR) is 83.1 cm³/mol. The number of aromatic nitrogens is 2. The lowest BCUT2D eigenvalue weighted by Crippen LogP contribution is -2.51. The van der Waals surface area contributed by atoms with Gasteiger partial charge in [-0.1, -0.05) is 0 Å². The molecule has 0 bridgehead atoms. The molecule has 126 valence electrons. The molecule has 1 aromatic heterocycles. The molecule has 2 heterocycles. The van der Waals surface area contributed by atoms with E-state index in [1.54, 1.807) is 18.6 Å². The van der Waals surface area contributed by atoms with Crippen LogP contribution in [0.2, 0.25) is 0 Å². The zero-order valence-corrected chi connectivity index (χ0v) is 13.2. The summed E-state index contributed by atoms with van der Waals surface area (Å²) < 4.78 is 35.3. The molecule has 1 amide bonds. The van der Waals surface area contributed by atoms with Crippen LogP contribution in [-0.2, 0) is 6.54 Å². The highest BCUT2D eigenvalue weighted by Crippen LogP contribution is 2.37. The van der Waals surface area contributed by atoms with Crippen LogP contribution in [0.15, 0.2) is 24.7 Å². The minimum atomic E-state index is -1.22. The van der Waals surface area contributed by atoms with Gasteiger partial charge in [0.25, 0.3) is 5.91 Å². The van der Waals surface area contributed by atoms with Crippen molar-refractivity contribution in [3.8, 4) is 17.0 Å². The van der Waals surface area contributed by atoms with Gasteiger partial charge < -0.3 is 14.6 Å². The van der Waals surface area contributed by atoms with Crippen molar-refractivity contribution in [2.24, 2.45) is 0 Å². The Balaban J connectivity index is 1.65. The molecule has 0 spiro atoms. The number of carbonyl (C=O) groups is 1. The Morgan fingerprint density at radius 3 is 3.00 bits per heavy atom. The molecule has 24 heavy (non-hydrogen) atoms. The van der Waals surface area contributed by atoms with Crippen LogP contribution in [0.3, 0.4) is 0 Å². The lowest BCUT2D eigenvalue weighted by Gasteiger charge is -2.38. The van der Waals surface area contributed by atoms with E-state index in [0.29, 0.717) is 24.4 Å². The van der Waals surface area contributed by atoms with Gasteiger partial charge in [-0.25, -0.2) is 13.8 Å². The van der Waals surface area contributed by atoms with Crippen molar-refractivity contribution >= 4 is 5.91 Å². The number of hydrogen-bond acceptors (Lipinski definition) is 3. The maximum absolute atomic E-state index is 14.4. The highest BCUT2D eigenvalue weighted by atomic mass is 19.1. The van der Waals surface area contributed by atoms with Crippen LogP contribution < -0.4 is 10.1 Å². The van der Waals surface area contributed by atoms with Crippen LogP contribution in [-0.4, -0.2) is 33.8 Å². The fraction of sp³-hybridized carbons (Fsp3) is 0.412. The number of hydrogen-bond donors (Lipinski definition) is 1. The van der Waals surface area contributed by atoms with Crippen LogP contribution >= 0.6 is 0 Å². The van der Waals surface area contributed by atoms with Gasteiger partial charge in [0.2, 0.25) is 0 Å². The van der Waals surface area contributed by atoms with Crippen LogP contribution in [0.1, 0.15) is 30.1 Å². The molecule has 0 atom stereocenters. The third-order valence-electron chi connectivity index (χ3n) is 4.55. The number of carbonyl (C=O) groups excluding carboxylic acids is 1. The summed E-state index contributed by atoms with van der Waals surface area (Å²) in [7, 11) is 0. The Hall–Kier alpha value is -2.44. The molecule has 0 saturated heterocycles. The van der Waals surface area contributed by atoms with E-state index in [1.165, 1.54) is 6.92 Å². The van der Waals surface area contributed by atoms with Gasteiger partial charge in [0, 0.05) is 30.0 Å². The summed E-state index contributed by atoms with van der Waals surface area (Å²) in [5.41, 5.74) is 0.171. The topological polar surface area (TPSA) is 56.2 Å². The smallest absolute Gasteiger partial charge is 0.251 e. The highest BCUT2D eigenvalue weighted by Gasteiger charge is 2.41. The van der Waals surface area contributed by atoms with Gasteiger partial charge in [-0.05, 0) is 19.1 Å². The first-order chi connectivity index (χ1) is 11.4. The Labute approximate surface area is 137 Å². The number of amides is 1. The van der Waals surface area contributed by atoms with Crippen LogP contribution in [0, 0.1) is 5.82 Å². The summed E-state index contributed by atoms with van der Waals surface area (Å²) >= 11 is 0. The van der Waals surface area contributed by atoms with E-state index in [4.69, 9.17) is 4.74 Å². The average molecular weight is 333 g/mol. The second kappa shape index (κ2) is 5.29. The first-order valence-corrected chi connectivity index (χ1v) is 7.89. The maximum atomic E-state index is 14.4. The molecule has 1 N–H and O–H groups in total. The van der Waals surface area contributed by atoms with E-state index in [2.05, 4.69) is 10.3 Å². The Morgan fingerprint density at radius 1 is 1.46 bits per heavy atom. The maximum Gasteiger partial charge on any atom is 0.251 e. The van der Waals surface area contributed by atoms with Gasteiger partial charge in [-0.15, -0.1) is 0 Å². The Bertz CT molecular complexity index is 808. The van der Waals surface area contributed by atoms with Crippen molar-refractivity contribution in [2.75, 3.05) is 6.61 Å². The minimum absolute atomic E-state index is 0.130. The van der Waals surface area contributed by atoms with Crippen molar-refractivity contribution in [1.82, 2.24) is 14.9 Å². The standard InChI is InChI=1S/C17H17F2N3O2/c1-17(19)6-11(7-17)21-16(23)10-4-12-14-8-20-9-22(14)2-3-24-15(12)13(18)5-10/h4-5,8-9,11H,2-3,6-7H2,1H3,(H,21,23). The van der Waals surface area contributed by atoms with Crippen LogP contribution in [0.4, 0.5) is 8.78 Å². The molecule has 1 aliphatic heterocycles. The Kier molecular flexibility index (Phi) is 3.33. The lowest BCUT2D eigenvalue weighted by molar-refractivity contribution is 0.0445. The van der Waals surface area contributed by atoms with E-state index in [9.17, 15) is 13.6 Å². The van der Waals surface area contributed by atoms with Crippen LogP contribution in [0.5, 0.6) is 5.75 Å². The van der Waals surface area contributed by atoms with E-state index in [-0.39, 0.29) is 30.2 Å². The number of fused-ring (bicyclic) bond motifs is 3. The summed E-state index contributed by atoms with van der Waals surface area (Å²) in [4.78, 5) is 16.4. The lowest BCUT2D eigenvalue weighted by atomic mass is 9.79. The van der Waals surface area contributed by atoms with Gasteiger partial charge >= 0.3 is 0 Å². The second-order valence-corrected chi connectivity index (χ2v) is 6.65. The normalized spacial score (nSPS) is 24.9. The first-order valence-electron chi connectivity index (χ1n) is 7.89. The molecule has 2 aromatic rings. The molecule has 0 radical (unpaired) electrons. The van der Waals surface area contributed by atoms with Gasteiger partial charge in [-0.3, -0.25) is 4.79 Å². The molecule has 1 aromatic carbocycles. The number of ether oxygens (including phenoxy) is 1. The predicted octanol–water partition coefficient (Wildman–Crippen LogP) is 2.70. The third kappa shape index (κ3) is 2.53. The van der Waals surface area contributed by atoms with Crippen molar-refractivity contribution in [2.45, 2.75) is 38.0 Å².